The van der Waals surface area contributed by atoms with Gasteiger partial charge in [0, 0.05) is 6.54 Å². The van der Waals surface area contributed by atoms with Gasteiger partial charge in [-0.1, -0.05) is 11.6 Å². The lowest BCUT2D eigenvalue weighted by Gasteiger charge is -2.13. The Hall–Kier alpha value is -1.33. The van der Waals surface area contributed by atoms with Crippen molar-refractivity contribution in [2.75, 3.05) is 13.7 Å². The number of aryl methyl sites for hydroxylation is 1. The molecule has 0 atom stereocenters. The summed E-state index contributed by atoms with van der Waals surface area (Å²) in [5.41, 5.74) is 2.19. The van der Waals surface area contributed by atoms with E-state index in [0.29, 0.717) is 17.2 Å². The zero-order chi connectivity index (χ0) is 15.3. The number of hydrogen-bond donors (Lipinski definition) is 1. The predicted molar refractivity (Wildman–Crippen MR) is 84.1 cm³/mol. The quantitative estimate of drug-likeness (QED) is 0.821. The molecule has 1 aromatic rings. The van der Waals surface area contributed by atoms with E-state index in [2.05, 4.69) is 10.8 Å². The molecule has 1 aromatic carbocycles. The van der Waals surface area contributed by atoms with Crippen LogP contribution in [-0.2, 0) is 10.0 Å². The van der Waals surface area contributed by atoms with E-state index < -0.39 is 10.0 Å². The van der Waals surface area contributed by atoms with Gasteiger partial charge in [-0.25, -0.2) is 13.1 Å². The van der Waals surface area contributed by atoms with Crippen molar-refractivity contribution >= 4 is 10.0 Å². The van der Waals surface area contributed by atoms with Gasteiger partial charge in [0.1, 0.15) is 5.75 Å². The van der Waals surface area contributed by atoms with Gasteiger partial charge < -0.3 is 4.74 Å². The average molecular weight is 309 g/mol. The Labute approximate surface area is 127 Å². The molecule has 0 radical (unpaired) electrons. The molecule has 21 heavy (non-hydrogen) atoms. The Balaban J connectivity index is 1.98. The summed E-state index contributed by atoms with van der Waals surface area (Å²) in [6.45, 7) is 2.30. The van der Waals surface area contributed by atoms with Crippen molar-refractivity contribution in [1.29, 1.82) is 0 Å². The molecular formula is C16H23NO3S. The second kappa shape index (κ2) is 7.09. The number of ether oxygens (including phenoxy) is 1. The maximum atomic E-state index is 12.3. The third-order valence-electron chi connectivity index (χ3n) is 3.80. The summed E-state index contributed by atoms with van der Waals surface area (Å²) in [6, 6.07) is 4.91. The van der Waals surface area contributed by atoms with E-state index in [0.717, 1.165) is 24.8 Å². The summed E-state index contributed by atoms with van der Waals surface area (Å²) in [7, 11) is -1.87. The summed E-state index contributed by atoms with van der Waals surface area (Å²) in [6.07, 6.45) is 7.74. The molecular weight excluding hydrogens is 286 g/mol. The van der Waals surface area contributed by atoms with Crippen LogP contribution in [0.25, 0.3) is 0 Å². The van der Waals surface area contributed by atoms with Gasteiger partial charge in [-0.2, -0.15) is 0 Å². The third kappa shape index (κ3) is 4.32. The summed E-state index contributed by atoms with van der Waals surface area (Å²) >= 11 is 0. The van der Waals surface area contributed by atoms with Gasteiger partial charge in [-0.15, -0.1) is 0 Å². The number of hydrogen-bond acceptors (Lipinski definition) is 3. The normalized spacial score (nSPS) is 15.6. The minimum Gasteiger partial charge on any atom is -0.496 e. The molecule has 0 saturated carbocycles. The van der Waals surface area contributed by atoms with Gasteiger partial charge in [0.15, 0.2) is 0 Å². The molecule has 116 valence electrons. The molecule has 2 rings (SSSR count). The van der Waals surface area contributed by atoms with Gasteiger partial charge >= 0.3 is 0 Å². The highest BCUT2D eigenvalue weighted by molar-refractivity contribution is 7.89. The first kappa shape index (κ1) is 16.0. The Morgan fingerprint density at radius 2 is 2.10 bits per heavy atom. The lowest BCUT2D eigenvalue weighted by molar-refractivity contribution is 0.411. The molecule has 1 aliphatic carbocycles. The number of nitrogens with one attached hydrogen (secondary N) is 1. The number of allylic oxidation sites excluding steroid dienone is 1. The summed E-state index contributed by atoms with van der Waals surface area (Å²) in [4.78, 5) is 0.290. The number of benzene rings is 1. The summed E-state index contributed by atoms with van der Waals surface area (Å²) < 4.78 is 32.3. The van der Waals surface area contributed by atoms with Crippen LogP contribution in [0.2, 0.25) is 0 Å². The molecule has 4 nitrogen and oxygen atoms in total. The lowest BCUT2D eigenvalue weighted by Crippen LogP contribution is -2.25. The van der Waals surface area contributed by atoms with Gasteiger partial charge in [-0.3, -0.25) is 0 Å². The molecule has 1 N–H and O–H groups in total. The highest BCUT2D eigenvalue weighted by atomic mass is 32.2. The van der Waals surface area contributed by atoms with Gasteiger partial charge in [0.25, 0.3) is 0 Å². The van der Waals surface area contributed by atoms with Crippen LogP contribution < -0.4 is 9.46 Å². The number of methoxy groups -OCH3 is 1. The molecule has 0 saturated heterocycles. The maximum Gasteiger partial charge on any atom is 0.240 e. The van der Waals surface area contributed by atoms with Crippen molar-refractivity contribution in [1.82, 2.24) is 4.72 Å². The van der Waals surface area contributed by atoms with Crippen molar-refractivity contribution in [2.24, 2.45) is 0 Å². The number of rotatable bonds is 6. The van der Waals surface area contributed by atoms with Crippen molar-refractivity contribution in [3.63, 3.8) is 0 Å². The Morgan fingerprint density at radius 3 is 2.71 bits per heavy atom. The van der Waals surface area contributed by atoms with Gasteiger partial charge in [0.05, 0.1) is 12.0 Å². The maximum absolute atomic E-state index is 12.3. The van der Waals surface area contributed by atoms with Crippen LogP contribution >= 0.6 is 0 Å². The van der Waals surface area contributed by atoms with E-state index in [9.17, 15) is 8.42 Å². The van der Waals surface area contributed by atoms with E-state index in [1.807, 2.05) is 6.92 Å². The molecule has 0 amide bonds. The van der Waals surface area contributed by atoms with E-state index in [4.69, 9.17) is 4.74 Å². The monoisotopic (exact) mass is 309 g/mol. The van der Waals surface area contributed by atoms with E-state index in [1.54, 1.807) is 25.3 Å². The SMILES string of the molecule is COc1ccc(S(=O)(=O)NCCC2=CCCCC2)cc1C. The molecule has 1 aliphatic rings. The Bertz CT molecular complexity index is 620. The van der Waals surface area contributed by atoms with Crippen LogP contribution in [0.4, 0.5) is 0 Å². The second-order valence-electron chi connectivity index (χ2n) is 5.39. The zero-order valence-corrected chi connectivity index (χ0v) is 13.5. The van der Waals surface area contributed by atoms with Crippen molar-refractivity contribution in [3.8, 4) is 5.75 Å². The van der Waals surface area contributed by atoms with Gasteiger partial charge in [0.2, 0.25) is 10.0 Å². The van der Waals surface area contributed by atoms with Crippen LogP contribution in [0.1, 0.15) is 37.7 Å². The first-order chi connectivity index (χ1) is 10.0. The Morgan fingerprint density at radius 1 is 1.29 bits per heavy atom. The zero-order valence-electron chi connectivity index (χ0n) is 12.7. The molecule has 0 bridgehead atoms. The van der Waals surface area contributed by atoms with Crippen LogP contribution in [0.5, 0.6) is 5.75 Å². The first-order valence-electron chi connectivity index (χ1n) is 7.35. The fourth-order valence-corrected chi connectivity index (χ4v) is 3.70. The van der Waals surface area contributed by atoms with Crippen molar-refractivity contribution < 1.29 is 13.2 Å². The van der Waals surface area contributed by atoms with E-state index >= 15 is 0 Å². The lowest BCUT2D eigenvalue weighted by atomic mass is 9.97. The summed E-state index contributed by atoms with van der Waals surface area (Å²) in [5, 5.41) is 0. The standard InChI is InChI=1S/C16H23NO3S/c1-13-12-15(8-9-16(13)20-2)21(18,19)17-11-10-14-6-4-3-5-7-14/h6,8-9,12,17H,3-5,7,10-11H2,1-2H3. The molecule has 0 aromatic heterocycles. The fraction of sp³-hybridized carbons (Fsp3) is 0.500. The minimum absolute atomic E-state index is 0.290. The predicted octanol–water partition coefficient (Wildman–Crippen LogP) is 3.17. The molecule has 0 aliphatic heterocycles. The van der Waals surface area contributed by atoms with Gasteiger partial charge in [-0.05, 0) is 62.8 Å². The molecule has 0 unspecified atom stereocenters. The van der Waals surface area contributed by atoms with Crippen LogP contribution in [0.3, 0.4) is 0 Å². The van der Waals surface area contributed by atoms with Crippen molar-refractivity contribution in [2.45, 2.75) is 43.9 Å². The highest BCUT2D eigenvalue weighted by Gasteiger charge is 2.15. The molecule has 5 heteroatoms. The topological polar surface area (TPSA) is 55.4 Å². The van der Waals surface area contributed by atoms with Crippen LogP contribution in [0, 0.1) is 6.92 Å². The van der Waals surface area contributed by atoms with Crippen LogP contribution in [0.15, 0.2) is 34.7 Å². The first-order valence-corrected chi connectivity index (χ1v) is 8.83. The van der Waals surface area contributed by atoms with E-state index in [1.165, 1.54) is 18.4 Å². The number of sulfonamides is 1. The minimum atomic E-state index is -3.44. The third-order valence-corrected chi connectivity index (χ3v) is 5.26. The molecule has 0 fully saturated rings. The highest BCUT2D eigenvalue weighted by Crippen LogP contribution is 2.22. The van der Waals surface area contributed by atoms with E-state index in [-0.39, 0.29) is 0 Å². The molecule has 0 spiro atoms. The van der Waals surface area contributed by atoms with Crippen LogP contribution in [-0.4, -0.2) is 22.1 Å². The largest absolute Gasteiger partial charge is 0.496 e. The smallest absolute Gasteiger partial charge is 0.240 e. The average Bonchev–Trinajstić information content (AvgIpc) is 2.48. The fourth-order valence-electron chi connectivity index (χ4n) is 2.58. The Kier molecular flexibility index (Phi) is 5.42. The summed E-state index contributed by atoms with van der Waals surface area (Å²) in [5.74, 6) is 0.696. The van der Waals surface area contributed by atoms with Crippen molar-refractivity contribution in [3.05, 3.63) is 35.4 Å². The second-order valence-corrected chi connectivity index (χ2v) is 7.15. The molecule has 0 heterocycles.